The highest BCUT2D eigenvalue weighted by molar-refractivity contribution is 7.87. The second kappa shape index (κ2) is 4.23. The summed E-state index contributed by atoms with van der Waals surface area (Å²) in [5.74, 6) is 0. The summed E-state index contributed by atoms with van der Waals surface area (Å²) in [6, 6.07) is -0.107. The number of nitrogens with one attached hydrogen (secondary N) is 1. The van der Waals surface area contributed by atoms with E-state index < -0.39 is 10.2 Å². The van der Waals surface area contributed by atoms with Gasteiger partial charge in [-0.05, 0) is 20.3 Å². The first kappa shape index (κ1) is 12.3. The summed E-state index contributed by atoms with van der Waals surface area (Å²) in [6.45, 7) is 4.56. The van der Waals surface area contributed by atoms with E-state index in [1.807, 2.05) is 13.8 Å². The van der Waals surface area contributed by atoms with Crippen molar-refractivity contribution in [2.45, 2.75) is 44.6 Å². The van der Waals surface area contributed by atoms with Gasteiger partial charge in [0.1, 0.15) is 0 Å². The Kier molecular flexibility index (Phi) is 3.24. The fraction of sp³-hybridized carbons (Fsp3) is 1.00. The fourth-order valence-corrected chi connectivity index (χ4v) is 3.56. The van der Waals surface area contributed by atoms with Crippen molar-refractivity contribution in [3.63, 3.8) is 0 Å². The fourth-order valence-electron chi connectivity index (χ4n) is 1.94. The summed E-state index contributed by atoms with van der Waals surface area (Å²) in [5.41, 5.74) is 5.59. The minimum absolute atomic E-state index is 0.0225. The van der Waals surface area contributed by atoms with E-state index in [0.29, 0.717) is 13.1 Å². The van der Waals surface area contributed by atoms with Crippen LogP contribution in [-0.4, -0.2) is 50.1 Å². The molecule has 16 heavy (non-hydrogen) atoms. The lowest BCUT2D eigenvalue weighted by Crippen LogP contribution is -2.52. The average Bonchev–Trinajstić information content (AvgIpc) is 2.78. The van der Waals surface area contributed by atoms with Crippen LogP contribution in [0.2, 0.25) is 0 Å². The molecule has 1 aliphatic carbocycles. The van der Waals surface area contributed by atoms with Crippen LogP contribution in [0.1, 0.15) is 20.3 Å². The monoisotopic (exact) mass is 249 g/mol. The molecule has 94 valence electrons. The molecular weight excluding hydrogens is 230 g/mol. The van der Waals surface area contributed by atoms with Gasteiger partial charge in [-0.2, -0.15) is 17.4 Å². The Hall–Kier alpha value is -0.210. The van der Waals surface area contributed by atoms with Crippen molar-refractivity contribution in [2.75, 3.05) is 13.1 Å². The van der Waals surface area contributed by atoms with Crippen molar-refractivity contribution < 1.29 is 13.2 Å². The van der Waals surface area contributed by atoms with Crippen LogP contribution in [-0.2, 0) is 14.9 Å². The van der Waals surface area contributed by atoms with E-state index in [1.165, 1.54) is 4.31 Å². The smallest absolute Gasteiger partial charge is 0.279 e. The zero-order valence-electron chi connectivity index (χ0n) is 9.59. The molecule has 3 N–H and O–H groups in total. The highest BCUT2D eigenvalue weighted by atomic mass is 32.2. The van der Waals surface area contributed by atoms with Crippen LogP contribution >= 0.6 is 0 Å². The summed E-state index contributed by atoms with van der Waals surface area (Å²) in [6.07, 6.45) is 0.607. The van der Waals surface area contributed by atoms with Crippen molar-refractivity contribution in [2.24, 2.45) is 5.73 Å². The van der Waals surface area contributed by atoms with Gasteiger partial charge in [-0.3, -0.25) is 0 Å². The normalized spacial score (nSPS) is 40.9. The van der Waals surface area contributed by atoms with Crippen LogP contribution in [0.25, 0.3) is 0 Å². The first-order valence-corrected chi connectivity index (χ1v) is 7.01. The first-order chi connectivity index (χ1) is 7.38. The molecule has 0 radical (unpaired) electrons. The molecule has 2 aliphatic rings. The molecule has 1 aliphatic heterocycles. The Bertz CT molecular complexity index is 349. The second-order valence-corrected chi connectivity index (χ2v) is 6.41. The summed E-state index contributed by atoms with van der Waals surface area (Å²) < 4.78 is 33.5. The molecule has 6 nitrogen and oxygen atoms in total. The maximum atomic E-state index is 12.0. The van der Waals surface area contributed by atoms with Crippen LogP contribution in [0.4, 0.5) is 0 Å². The van der Waals surface area contributed by atoms with Gasteiger partial charge in [-0.25, -0.2) is 0 Å². The number of ether oxygens (including phenoxy) is 1. The van der Waals surface area contributed by atoms with Gasteiger partial charge in [-0.1, -0.05) is 0 Å². The molecule has 1 heterocycles. The van der Waals surface area contributed by atoms with E-state index in [4.69, 9.17) is 10.5 Å². The number of hydrogen-bond donors (Lipinski definition) is 2. The lowest BCUT2D eigenvalue weighted by Gasteiger charge is -2.34. The lowest BCUT2D eigenvalue weighted by molar-refractivity contribution is -0.0444. The third-order valence-electron chi connectivity index (χ3n) is 2.87. The van der Waals surface area contributed by atoms with Crippen molar-refractivity contribution in [1.29, 1.82) is 0 Å². The molecule has 0 aromatic rings. The summed E-state index contributed by atoms with van der Waals surface area (Å²) in [4.78, 5) is 0. The van der Waals surface area contributed by atoms with Crippen molar-refractivity contribution in [3.05, 3.63) is 0 Å². The van der Waals surface area contributed by atoms with Gasteiger partial charge >= 0.3 is 0 Å². The SMILES string of the molecule is CC1CN(S(=O)(=O)NC2CC2N)CC(C)O1. The largest absolute Gasteiger partial charge is 0.373 e. The maximum absolute atomic E-state index is 12.0. The standard InChI is InChI=1S/C9H19N3O3S/c1-6-4-12(5-7(2)15-6)16(13,14)11-9-3-8(9)10/h6-9,11H,3-5,10H2,1-2H3. The minimum atomic E-state index is -3.40. The van der Waals surface area contributed by atoms with Gasteiger partial charge in [-0.15, -0.1) is 0 Å². The molecule has 4 atom stereocenters. The van der Waals surface area contributed by atoms with Gasteiger partial charge in [0, 0.05) is 25.2 Å². The summed E-state index contributed by atoms with van der Waals surface area (Å²) in [5, 5.41) is 0. The number of hydrogen-bond acceptors (Lipinski definition) is 4. The molecule has 2 fully saturated rings. The molecule has 1 saturated carbocycles. The molecule has 2 rings (SSSR count). The van der Waals surface area contributed by atoms with E-state index in [2.05, 4.69) is 4.72 Å². The molecule has 1 saturated heterocycles. The number of morpholine rings is 1. The van der Waals surface area contributed by atoms with Gasteiger partial charge in [0.15, 0.2) is 0 Å². The molecule has 0 bridgehead atoms. The summed E-state index contributed by atoms with van der Waals surface area (Å²) >= 11 is 0. The average molecular weight is 249 g/mol. The van der Waals surface area contributed by atoms with Gasteiger partial charge in [0.2, 0.25) is 0 Å². The van der Waals surface area contributed by atoms with E-state index in [-0.39, 0.29) is 24.3 Å². The van der Waals surface area contributed by atoms with Crippen LogP contribution in [0.5, 0.6) is 0 Å². The van der Waals surface area contributed by atoms with Crippen LogP contribution < -0.4 is 10.5 Å². The quantitative estimate of drug-likeness (QED) is 0.674. The molecular formula is C9H19N3O3S. The predicted octanol–water partition coefficient (Wildman–Crippen LogP) is -0.970. The van der Waals surface area contributed by atoms with Crippen molar-refractivity contribution in [3.8, 4) is 0 Å². The third kappa shape index (κ3) is 2.72. The molecule has 0 aromatic heterocycles. The zero-order valence-corrected chi connectivity index (χ0v) is 10.4. The minimum Gasteiger partial charge on any atom is -0.373 e. The lowest BCUT2D eigenvalue weighted by atomic mass is 10.3. The molecule has 4 unspecified atom stereocenters. The van der Waals surface area contributed by atoms with Gasteiger partial charge in [0.25, 0.3) is 10.2 Å². The number of nitrogens with two attached hydrogens (primary N) is 1. The van der Waals surface area contributed by atoms with Crippen molar-refractivity contribution >= 4 is 10.2 Å². The van der Waals surface area contributed by atoms with Crippen LogP contribution in [0, 0.1) is 0 Å². The van der Waals surface area contributed by atoms with Crippen molar-refractivity contribution in [1.82, 2.24) is 9.03 Å². The Labute approximate surface area is 96.3 Å². The van der Waals surface area contributed by atoms with E-state index in [1.54, 1.807) is 0 Å². The third-order valence-corrected chi connectivity index (χ3v) is 4.44. The van der Waals surface area contributed by atoms with E-state index in [9.17, 15) is 8.42 Å². The van der Waals surface area contributed by atoms with Crippen LogP contribution in [0.3, 0.4) is 0 Å². The predicted molar refractivity (Wildman–Crippen MR) is 60.0 cm³/mol. The van der Waals surface area contributed by atoms with Gasteiger partial charge < -0.3 is 10.5 Å². The molecule has 0 aromatic carbocycles. The molecule has 0 spiro atoms. The summed E-state index contributed by atoms with van der Waals surface area (Å²) in [7, 11) is -3.40. The highest BCUT2D eigenvalue weighted by Gasteiger charge is 2.40. The maximum Gasteiger partial charge on any atom is 0.279 e. The number of nitrogens with zero attached hydrogens (tertiary/aromatic N) is 1. The second-order valence-electron chi connectivity index (χ2n) is 4.70. The molecule has 0 amide bonds. The Morgan fingerprint density at radius 1 is 1.31 bits per heavy atom. The number of rotatable bonds is 3. The van der Waals surface area contributed by atoms with Crippen LogP contribution in [0.15, 0.2) is 0 Å². The Morgan fingerprint density at radius 3 is 2.25 bits per heavy atom. The Balaban J connectivity index is 1.99. The van der Waals surface area contributed by atoms with E-state index >= 15 is 0 Å². The van der Waals surface area contributed by atoms with Gasteiger partial charge in [0.05, 0.1) is 12.2 Å². The zero-order chi connectivity index (χ0) is 11.9. The topological polar surface area (TPSA) is 84.7 Å². The highest BCUT2D eigenvalue weighted by Crippen LogP contribution is 2.21. The first-order valence-electron chi connectivity index (χ1n) is 5.57. The molecule has 7 heteroatoms. The Morgan fingerprint density at radius 2 is 1.81 bits per heavy atom. The van der Waals surface area contributed by atoms with E-state index in [0.717, 1.165) is 6.42 Å².